The van der Waals surface area contributed by atoms with Crippen LogP contribution in [0.1, 0.15) is 37.5 Å². The molecule has 186 valence electrons. The van der Waals surface area contributed by atoms with Crippen molar-refractivity contribution in [3.63, 3.8) is 0 Å². The van der Waals surface area contributed by atoms with Crippen molar-refractivity contribution in [2.75, 3.05) is 10.6 Å². The Bertz CT molecular complexity index is 1430. The summed E-state index contributed by atoms with van der Waals surface area (Å²) in [6.45, 7) is 7.84. The first kappa shape index (κ1) is 25.3. The van der Waals surface area contributed by atoms with Gasteiger partial charge in [-0.15, -0.1) is 0 Å². The van der Waals surface area contributed by atoms with Gasteiger partial charge in [-0.1, -0.05) is 18.2 Å². The van der Waals surface area contributed by atoms with Gasteiger partial charge in [-0.25, -0.2) is 13.9 Å². The van der Waals surface area contributed by atoms with E-state index in [1.165, 1.54) is 11.1 Å². The number of hydrogen-bond donors (Lipinski definition) is 3. The zero-order valence-corrected chi connectivity index (χ0v) is 21.9. The van der Waals surface area contributed by atoms with Crippen LogP contribution in [0.5, 0.6) is 0 Å². The molecule has 2 aromatic heterocycles. The lowest BCUT2D eigenvalue weighted by Crippen LogP contribution is -2.40. The highest BCUT2D eigenvalue weighted by molar-refractivity contribution is 7.98. The molecular formula is C28H32N6OS. The Morgan fingerprint density at radius 3 is 2.31 bits per heavy atom. The van der Waals surface area contributed by atoms with Gasteiger partial charge in [0.05, 0.1) is 9.71 Å². The van der Waals surface area contributed by atoms with Crippen LogP contribution in [0, 0.1) is 6.92 Å². The predicted molar refractivity (Wildman–Crippen MR) is 150 cm³/mol. The van der Waals surface area contributed by atoms with Crippen molar-refractivity contribution in [2.24, 2.45) is 0 Å². The number of benzene rings is 2. The highest BCUT2D eigenvalue weighted by atomic mass is 32.2. The molecule has 0 aliphatic heterocycles. The van der Waals surface area contributed by atoms with Crippen LogP contribution < -0.4 is 15.4 Å². The van der Waals surface area contributed by atoms with Crippen molar-refractivity contribution in [3.8, 4) is 0 Å². The zero-order chi connectivity index (χ0) is 25.8. The Balaban J connectivity index is 1.48. The summed E-state index contributed by atoms with van der Waals surface area (Å²) in [6, 6.07) is 19.7. The molecule has 36 heavy (non-hydrogen) atoms. The van der Waals surface area contributed by atoms with Gasteiger partial charge in [0.1, 0.15) is 5.82 Å². The van der Waals surface area contributed by atoms with E-state index in [1.54, 1.807) is 6.20 Å². The Morgan fingerprint density at radius 2 is 1.61 bits per heavy atom. The summed E-state index contributed by atoms with van der Waals surface area (Å²) in [5.74, 6) is 5.08. The number of rotatable bonds is 8. The number of anilines is 4. The van der Waals surface area contributed by atoms with Crippen molar-refractivity contribution < 1.29 is 4.21 Å². The van der Waals surface area contributed by atoms with E-state index in [4.69, 9.17) is 0 Å². The largest absolute Gasteiger partial charge is 0.340 e. The summed E-state index contributed by atoms with van der Waals surface area (Å²) >= 11 is 0. The lowest BCUT2D eigenvalue weighted by atomic mass is 10.1. The molecular weight excluding hydrogens is 468 g/mol. The van der Waals surface area contributed by atoms with Gasteiger partial charge in [0.2, 0.25) is 5.95 Å². The molecule has 8 heteroatoms. The topological polar surface area (TPSA) is 91.8 Å². The van der Waals surface area contributed by atoms with Gasteiger partial charge in [0.25, 0.3) is 0 Å². The van der Waals surface area contributed by atoms with Crippen molar-refractivity contribution in [2.45, 2.75) is 44.6 Å². The molecule has 4 rings (SSSR count). The van der Waals surface area contributed by atoms with E-state index in [2.05, 4.69) is 48.3 Å². The minimum absolute atomic E-state index is 0.330. The number of aromatic nitrogens is 3. The summed E-state index contributed by atoms with van der Waals surface area (Å²) in [4.78, 5) is 13.8. The highest BCUT2D eigenvalue weighted by Gasteiger charge is 2.17. The van der Waals surface area contributed by atoms with E-state index in [1.807, 2.05) is 88.6 Å². The van der Waals surface area contributed by atoms with E-state index < -0.39 is 9.71 Å². The van der Waals surface area contributed by atoms with Gasteiger partial charge < -0.3 is 10.6 Å². The van der Waals surface area contributed by atoms with Crippen molar-refractivity contribution in [1.82, 2.24) is 19.7 Å². The molecule has 0 aliphatic rings. The minimum atomic E-state index is -2.65. The van der Waals surface area contributed by atoms with Crippen LogP contribution >= 0.6 is 0 Å². The van der Waals surface area contributed by atoms with E-state index in [-0.39, 0.29) is 5.54 Å². The fourth-order valence-electron chi connectivity index (χ4n) is 3.67. The molecule has 2 aromatic carbocycles. The molecule has 0 spiro atoms. The summed E-state index contributed by atoms with van der Waals surface area (Å²) in [6.07, 6.45) is 6.23. The first-order valence-corrected chi connectivity index (χ1v) is 13.4. The molecule has 1 atom stereocenters. The van der Waals surface area contributed by atoms with Crippen molar-refractivity contribution in [3.05, 3.63) is 95.9 Å². The molecule has 0 amide bonds. The predicted octanol–water partition coefficient (Wildman–Crippen LogP) is 5.64. The van der Waals surface area contributed by atoms with Crippen LogP contribution in [0.4, 0.5) is 23.1 Å². The summed E-state index contributed by atoms with van der Waals surface area (Å²) in [5, 5.41) is 6.60. The molecule has 0 aliphatic carbocycles. The number of hydrogen-bond acceptors (Lipinski definition) is 6. The Hall–Kier alpha value is -3.75. The number of aryl methyl sites for hydroxylation is 1. The standard InChI is InChI=1S/C28H32N6OS/c1-20-19-30-27(32-23-11-9-21(10-12-23)17-22-13-15-29-16-14-22)33-26(20)31-24-7-6-8-25(18-24)36(5,35)34-28(2,3)4/h6-16,18-19H,5,17H2,1-4H3,(H,34,35)(H2,30,31,32,33). The third-order valence-electron chi connectivity index (χ3n) is 5.29. The molecule has 1 unspecified atom stereocenters. The third-order valence-corrected chi connectivity index (χ3v) is 7.25. The van der Waals surface area contributed by atoms with E-state index in [0.29, 0.717) is 16.7 Å². The van der Waals surface area contributed by atoms with Gasteiger partial charge in [0, 0.05) is 46.0 Å². The molecule has 0 fully saturated rings. The Labute approximate surface area is 213 Å². The van der Waals surface area contributed by atoms with Crippen LogP contribution in [0.25, 0.3) is 0 Å². The highest BCUT2D eigenvalue weighted by Crippen LogP contribution is 2.24. The molecule has 4 aromatic rings. The van der Waals surface area contributed by atoms with Crippen LogP contribution in [0.2, 0.25) is 0 Å². The first-order chi connectivity index (χ1) is 17.1. The van der Waals surface area contributed by atoms with E-state index in [0.717, 1.165) is 23.4 Å². The second kappa shape index (κ2) is 10.5. The van der Waals surface area contributed by atoms with Gasteiger partial charge in [-0.2, -0.15) is 4.98 Å². The van der Waals surface area contributed by atoms with Crippen LogP contribution in [0.3, 0.4) is 0 Å². The van der Waals surface area contributed by atoms with E-state index >= 15 is 0 Å². The summed E-state index contributed by atoms with van der Waals surface area (Å²) in [5.41, 5.74) is 4.66. The average Bonchev–Trinajstić information content (AvgIpc) is 2.82. The number of nitrogens with one attached hydrogen (secondary N) is 3. The van der Waals surface area contributed by atoms with E-state index in [9.17, 15) is 4.21 Å². The van der Waals surface area contributed by atoms with Crippen LogP contribution in [0.15, 0.2) is 84.1 Å². The van der Waals surface area contributed by atoms with Crippen molar-refractivity contribution >= 4 is 38.7 Å². The van der Waals surface area contributed by atoms with Gasteiger partial charge in [-0.3, -0.25) is 4.98 Å². The monoisotopic (exact) mass is 500 g/mol. The zero-order valence-electron chi connectivity index (χ0n) is 21.1. The fraction of sp³-hybridized carbons (Fsp3) is 0.214. The molecule has 3 N–H and O–H groups in total. The first-order valence-electron chi connectivity index (χ1n) is 11.7. The molecule has 0 bridgehead atoms. The van der Waals surface area contributed by atoms with Crippen LogP contribution in [-0.2, 0) is 16.1 Å². The lowest BCUT2D eigenvalue weighted by Gasteiger charge is -2.24. The fourth-order valence-corrected chi connectivity index (χ4v) is 5.39. The molecule has 0 saturated carbocycles. The lowest BCUT2D eigenvalue weighted by molar-refractivity contribution is 0.518. The normalized spacial score (nSPS) is 13.1. The molecule has 0 radical (unpaired) electrons. The van der Waals surface area contributed by atoms with Gasteiger partial charge >= 0.3 is 0 Å². The van der Waals surface area contributed by atoms with Gasteiger partial charge in [-0.05, 0) is 93.6 Å². The van der Waals surface area contributed by atoms with Gasteiger partial charge in [0.15, 0.2) is 0 Å². The minimum Gasteiger partial charge on any atom is -0.340 e. The maximum absolute atomic E-state index is 13.2. The van der Waals surface area contributed by atoms with Crippen LogP contribution in [-0.4, -0.2) is 30.6 Å². The maximum Gasteiger partial charge on any atom is 0.229 e. The quantitative estimate of drug-likeness (QED) is 0.271. The number of pyridine rings is 1. The molecule has 2 heterocycles. The smallest absolute Gasteiger partial charge is 0.229 e. The average molecular weight is 501 g/mol. The molecule has 7 nitrogen and oxygen atoms in total. The second-order valence-electron chi connectivity index (χ2n) is 9.76. The Kier molecular flexibility index (Phi) is 7.37. The summed E-state index contributed by atoms with van der Waals surface area (Å²) in [7, 11) is -2.65. The Morgan fingerprint density at radius 1 is 0.917 bits per heavy atom. The van der Waals surface area contributed by atoms with Crippen molar-refractivity contribution in [1.29, 1.82) is 0 Å². The molecule has 0 saturated heterocycles. The SMILES string of the molecule is C=S(=O)(NC(C)(C)C)c1cccc(Nc2nc(Nc3ccc(Cc4ccncc4)cc3)ncc2C)c1. The number of nitrogens with zero attached hydrogens (tertiary/aromatic N) is 3. The summed E-state index contributed by atoms with van der Waals surface area (Å²) < 4.78 is 16.3. The second-order valence-corrected chi connectivity index (χ2v) is 11.8. The third kappa shape index (κ3) is 6.90. The maximum atomic E-state index is 13.2.